The maximum absolute atomic E-state index is 10.7. The van der Waals surface area contributed by atoms with Crippen LogP contribution in [0.5, 0.6) is 5.75 Å². The molecule has 0 aliphatic carbocycles. The first-order valence-corrected chi connectivity index (χ1v) is 6.11. The lowest BCUT2D eigenvalue weighted by molar-refractivity contribution is -0.119. The minimum atomic E-state index is -1.10. The highest BCUT2D eigenvalue weighted by molar-refractivity contribution is 5.84. The van der Waals surface area contributed by atoms with Crippen LogP contribution in [0.4, 0.5) is 5.69 Å². The second-order valence-corrected chi connectivity index (χ2v) is 4.20. The summed E-state index contributed by atoms with van der Waals surface area (Å²) in [5.74, 6) is -0.685. The molecular formula is C14H14N2O5. The molecule has 0 fully saturated rings. The van der Waals surface area contributed by atoms with Crippen molar-refractivity contribution >= 4 is 17.6 Å². The predicted octanol–water partition coefficient (Wildman–Crippen LogP) is 1.45. The Balaban J connectivity index is 1.88. The molecule has 1 aromatic carbocycles. The van der Waals surface area contributed by atoms with Gasteiger partial charge >= 0.3 is 5.97 Å². The average Bonchev–Trinajstić information content (AvgIpc) is 2.93. The number of carbonyl (C=O) groups is 2. The standard InChI is InChI=1S/C14H14N2O5/c15-13(17)8-20-10-3-1-9(2-4-10)16-7-11-5-6-12(21-11)14(18)19/h1-6,16H,7-8H2,(H2,15,17)(H,18,19). The van der Waals surface area contributed by atoms with Gasteiger partial charge in [-0.15, -0.1) is 0 Å². The Kier molecular flexibility index (Phi) is 4.45. The Hall–Kier alpha value is -2.96. The third-order valence-electron chi connectivity index (χ3n) is 2.57. The molecule has 0 spiro atoms. The second kappa shape index (κ2) is 6.47. The van der Waals surface area contributed by atoms with Crippen LogP contribution < -0.4 is 15.8 Å². The van der Waals surface area contributed by atoms with Crippen LogP contribution in [0, 0.1) is 0 Å². The highest BCUT2D eigenvalue weighted by Gasteiger charge is 2.08. The topological polar surface area (TPSA) is 115 Å². The number of hydrogen-bond acceptors (Lipinski definition) is 5. The highest BCUT2D eigenvalue weighted by Crippen LogP contribution is 2.17. The zero-order valence-corrected chi connectivity index (χ0v) is 11.0. The number of aromatic carboxylic acids is 1. The maximum atomic E-state index is 10.7. The summed E-state index contributed by atoms with van der Waals surface area (Å²) in [6.45, 7) is 0.186. The van der Waals surface area contributed by atoms with Gasteiger partial charge in [0.15, 0.2) is 6.61 Å². The van der Waals surface area contributed by atoms with E-state index in [0.29, 0.717) is 18.1 Å². The fraction of sp³-hybridized carbons (Fsp3) is 0.143. The summed E-state index contributed by atoms with van der Waals surface area (Å²) in [7, 11) is 0. The number of amides is 1. The van der Waals surface area contributed by atoms with Crippen molar-refractivity contribution in [2.45, 2.75) is 6.54 Å². The van der Waals surface area contributed by atoms with E-state index in [2.05, 4.69) is 5.32 Å². The molecule has 0 saturated heterocycles. The Bertz CT molecular complexity index is 633. The number of carboxylic acid groups (broad SMARTS) is 1. The minimum Gasteiger partial charge on any atom is -0.484 e. The smallest absolute Gasteiger partial charge is 0.371 e. The number of carboxylic acids is 1. The molecule has 0 aliphatic rings. The summed E-state index contributed by atoms with van der Waals surface area (Å²) in [5.41, 5.74) is 5.78. The molecule has 2 rings (SSSR count). The summed E-state index contributed by atoms with van der Waals surface area (Å²) in [6.07, 6.45) is 0. The minimum absolute atomic E-state index is 0.0954. The molecular weight excluding hydrogens is 276 g/mol. The van der Waals surface area contributed by atoms with Crippen LogP contribution in [0.25, 0.3) is 0 Å². The van der Waals surface area contributed by atoms with Crippen LogP contribution in [0.1, 0.15) is 16.3 Å². The molecule has 0 saturated carbocycles. The number of furan rings is 1. The lowest BCUT2D eigenvalue weighted by atomic mass is 10.3. The predicted molar refractivity (Wildman–Crippen MR) is 74.1 cm³/mol. The maximum Gasteiger partial charge on any atom is 0.371 e. The fourth-order valence-corrected chi connectivity index (χ4v) is 1.60. The van der Waals surface area contributed by atoms with Crippen molar-refractivity contribution in [2.24, 2.45) is 5.73 Å². The van der Waals surface area contributed by atoms with Crippen LogP contribution in [0.3, 0.4) is 0 Å². The third kappa shape index (κ3) is 4.27. The summed E-state index contributed by atoms with van der Waals surface area (Å²) in [5, 5.41) is 11.8. The Morgan fingerprint density at radius 1 is 1.19 bits per heavy atom. The quantitative estimate of drug-likeness (QED) is 0.711. The molecule has 0 bridgehead atoms. The largest absolute Gasteiger partial charge is 0.484 e. The zero-order valence-electron chi connectivity index (χ0n) is 11.0. The lowest BCUT2D eigenvalue weighted by Gasteiger charge is -2.07. The van der Waals surface area contributed by atoms with Crippen LogP contribution in [-0.4, -0.2) is 23.6 Å². The molecule has 1 heterocycles. The van der Waals surface area contributed by atoms with Crippen molar-refractivity contribution in [2.75, 3.05) is 11.9 Å². The van der Waals surface area contributed by atoms with E-state index in [-0.39, 0.29) is 12.4 Å². The van der Waals surface area contributed by atoms with E-state index in [4.69, 9.17) is 20.0 Å². The number of carbonyl (C=O) groups excluding carboxylic acids is 1. The van der Waals surface area contributed by atoms with E-state index in [0.717, 1.165) is 5.69 Å². The Morgan fingerprint density at radius 2 is 1.90 bits per heavy atom. The van der Waals surface area contributed by atoms with Crippen LogP contribution in [-0.2, 0) is 11.3 Å². The number of rotatable bonds is 7. The van der Waals surface area contributed by atoms with Gasteiger partial charge in [0, 0.05) is 5.69 Å². The van der Waals surface area contributed by atoms with Crippen molar-refractivity contribution < 1.29 is 23.8 Å². The van der Waals surface area contributed by atoms with Gasteiger partial charge in [-0.1, -0.05) is 0 Å². The van der Waals surface area contributed by atoms with E-state index >= 15 is 0 Å². The first kappa shape index (κ1) is 14.4. The van der Waals surface area contributed by atoms with E-state index in [1.165, 1.54) is 6.07 Å². The Labute approximate surface area is 120 Å². The van der Waals surface area contributed by atoms with Crippen molar-refractivity contribution in [1.82, 2.24) is 0 Å². The van der Waals surface area contributed by atoms with Gasteiger partial charge in [-0.25, -0.2) is 4.79 Å². The molecule has 2 aromatic rings. The monoisotopic (exact) mass is 290 g/mol. The van der Waals surface area contributed by atoms with Gasteiger partial charge in [0.1, 0.15) is 11.5 Å². The average molecular weight is 290 g/mol. The molecule has 0 atom stereocenters. The number of nitrogens with two attached hydrogens (primary N) is 1. The van der Waals surface area contributed by atoms with Gasteiger partial charge in [-0.3, -0.25) is 4.79 Å². The number of anilines is 1. The summed E-state index contributed by atoms with van der Waals surface area (Å²) in [4.78, 5) is 21.3. The van der Waals surface area contributed by atoms with E-state index in [9.17, 15) is 9.59 Å². The Morgan fingerprint density at radius 3 is 2.48 bits per heavy atom. The van der Waals surface area contributed by atoms with Crippen LogP contribution in [0.15, 0.2) is 40.8 Å². The summed E-state index contributed by atoms with van der Waals surface area (Å²) < 4.78 is 10.2. The number of hydrogen-bond donors (Lipinski definition) is 3. The van der Waals surface area contributed by atoms with E-state index in [1.807, 2.05) is 0 Å². The first-order chi connectivity index (χ1) is 10.0. The molecule has 4 N–H and O–H groups in total. The molecule has 0 unspecified atom stereocenters. The zero-order chi connectivity index (χ0) is 15.2. The van der Waals surface area contributed by atoms with Crippen molar-refractivity contribution in [3.63, 3.8) is 0 Å². The van der Waals surface area contributed by atoms with Gasteiger partial charge < -0.3 is 25.3 Å². The van der Waals surface area contributed by atoms with Crippen molar-refractivity contribution in [1.29, 1.82) is 0 Å². The van der Waals surface area contributed by atoms with Gasteiger partial charge in [0.25, 0.3) is 5.91 Å². The second-order valence-electron chi connectivity index (χ2n) is 4.20. The molecule has 0 aliphatic heterocycles. The first-order valence-electron chi connectivity index (χ1n) is 6.11. The molecule has 0 radical (unpaired) electrons. The van der Waals surface area contributed by atoms with Crippen molar-refractivity contribution in [3.05, 3.63) is 47.9 Å². The fourth-order valence-electron chi connectivity index (χ4n) is 1.60. The van der Waals surface area contributed by atoms with E-state index in [1.54, 1.807) is 30.3 Å². The number of ether oxygens (including phenoxy) is 1. The number of primary amides is 1. The molecule has 110 valence electrons. The third-order valence-corrected chi connectivity index (χ3v) is 2.57. The molecule has 1 amide bonds. The van der Waals surface area contributed by atoms with E-state index < -0.39 is 11.9 Å². The molecule has 1 aromatic heterocycles. The summed E-state index contributed by atoms with van der Waals surface area (Å²) in [6, 6.07) is 9.90. The lowest BCUT2D eigenvalue weighted by Crippen LogP contribution is -2.19. The molecule has 7 nitrogen and oxygen atoms in total. The molecule has 7 heteroatoms. The molecule has 21 heavy (non-hydrogen) atoms. The van der Waals surface area contributed by atoms with Crippen molar-refractivity contribution in [3.8, 4) is 5.75 Å². The van der Waals surface area contributed by atoms with Gasteiger partial charge in [-0.2, -0.15) is 0 Å². The summed E-state index contributed by atoms with van der Waals surface area (Å²) >= 11 is 0. The highest BCUT2D eigenvalue weighted by atomic mass is 16.5. The van der Waals surface area contributed by atoms with Gasteiger partial charge in [-0.05, 0) is 36.4 Å². The number of nitrogens with one attached hydrogen (secondary N) is 1. The normalized spacial score (nSPS) is 10.1. The number of benzene rings is 1. The van der Waals surface area contributed by atoms with Crippen LogP contribution >= 0.6 is 0 Å². The SMILES string of the molecule is NC(=O)COc1ccc(NCc2ccc(C(=O)O)o2)cc1. The van der Waals surface area contributed by atoms with Gasteiger partial charge in [0.2, 0.25) is 5.76 Å². The van der Waals surface area contributed by atoms with Gasteiger partial charge in [0.05, 0.1) is 6.54 Å². The van der Waals surface area contributed by atoms with Crippen LogP contribution in [0.2, 0.25) is 0 Å².